The van der Waals surface area contributed by atoms with Crippen LogP contribution in [0.15, 0.2) is 48.5 Å². The number of carbonyl (C=O) groups excluding carboxylic acids is 2. The minimum atomic E-state index is -0.254. The van der Waals surface area contributed by atoms with Gasteiger partial charge < -0.3 is 15.1 Å². The number of nitrogens with zero attached hydrogens (tertiary/aromatic N) is 2. The minimum absolute atomic E-state index is 0.0624. The van der Waals surface area contributed by atoms with E-state index in [9.17, 15) is 9.59 Å². The molecule has 0 atom stereocenters. The lowest BCUT2D eigenvalue weighted by Crippen LogP contribution is -2.48. The summed E-state index contributed by atoms with van der Waals surface area (Å²) in [6.45, 7) is 10.9. The van der Waals surface area contributed by atoms with E-state index in [1.807, 2.05) is 81.1 Å². The summed E-state index contributed by atoms with van der Waals surface area (Å²) in [5.74, 6) is 0.0326. The molecule has 148 valence electrons. The van der Waals surface area contributed by atoms with Crippen molar-refractivity contribution in [2.45, 2.75) is 33.2 Å². The Balaban J connectivity index is 1.59. The van der Waals surface area contributed by atoms with Gasteiger partial charge in [-0.2, -0.15) is 0 Å². The van der Waals surface area contributed by atoms with Gasteiger partial charge in [0.15, 0.2) is 0 Å². The summed E-state index contributed by atoms with van der Waals surface area (Å²) in [5.41, 5.74) is 3.33. The number of nitrogens with one attached hydrogen (secondary N) is 1. The number of piperazine rings is 1. The SMILES string of the molecule is Cc1cccc(C(=O)N2CCN(c3ccc(C(=O)NC(C)(C)C)cc3)CC2)c1. The highest BCUT2D eigenvalue weighted by Gasteiger charge is 2.22. The maximum absolute atomic E-state index is 12.7. The van der Waals surface area contributed by atoms with Gasteiger partial charge in [0.1, 0.15) is 0 Å². The molecule has 0 radical (unpaired) electrons. The van der Waals surface area contributed by atoms with Crippen molar-refractivity contribution in [2.24, 2.45) is 0 Å². The maximum atomic E-state index is 12.7. The lowest BCUT2D eigenvalue weighted by molar-refractivity contribution is 0.0746. The highest BCUT2D eigenvalue weighted by atomic mass is 16.2. The largest absolute Gasteiger partial charge is 0.368 e. The van der Waals surface area contributed by atoms with Gasteiger partial charge in [0.25, 0.3) is 11.8 Å². The molecule has 1 heterocycles. The fraction of sp³-hybridized carbons (Fsp3) is 0.391. The molecule has 0 aromatic heterocycles. The van der Waals surface area contributed by atoms with Crippen molar-refractivity contribution in [3.63, 3.8) is 0 Å². The van der Waals surface area contributed by atoms with Gasteiger partial charge in [-0.05, 0) is 64.1 Å². The van der Waals surface area contributed by atoms with E-state index >= 15 is 0 Å². The Morgan fingerprint density at radius 3 is 2.11 bits per heavy atom. The first-order valence-corrected chi connectivity index (χ1v) is 9.76. The lowest BCUT2D eigenvalue weighted by Gasteiger charge is -2.36. The van der Waals surface area contributed by atoms with Gasteiger partial charge in [0, 0.05) is 48.5 Å². The second-order valence-electron chi connectivity index (χ2n) is 8.40. The molecule has 5 heteroatoms. The summed E-state index contributed by atoms with van der Waals surface area (Å²) in [7, 11) is 0. The molecule has 3 rings (SSSR count). The molecule has 1 saturated heterocycles. The van der Waals surface area contributed by atoms with Crippen LogP contribution in [-0.2, 0) is 0 Å². The third kappa shape index (κ3) is 4.91. The van der Waals surface area contributed by atoms with Crippen molar-refractivity contribution in [3.05, 3.63) is 65.2 Å². The van der Waals surface area contributed by atoms with Crippen LogP contribution in [0.25, 0.3) is 0 Å². The van der Waals surface area contributed by atoms with Crippen LogP contribution >= 0.6 is 0 Å². The molecule has 0 unspecified atom stereocenters. The Morgan fingerprint density at radius 2 is 1.54 bits per heavy atom. The van der Waals surface area contributed by atoms with Gasteiger partial charge in [-0.3, -0.25) is 9.59 Å². The van der Waals surface area contributed by atoms with Gasteiger partial charge in [0.05, 0.1) is 0 Å². The summed E-state index contributed by atoms with van der Waals surface area (Å²) < 4.78 is 0. The Morgan fingerprint density at radius 1 is 0.893 bits per heavy atom. The van der Waals surface area contributed by atoms with Crippen molar-refractivity contribution < 1.29 is 9.59 Å². The Kier molecular flexibility index (Phi) is 5.73. The van der Waals surface area contributed by atoms with Gasteiger partial charge in [-0.25, -0.2) is 0 Å². The normalized spacial score (nSPS) is 14.7. The molecule has 0 saturated carbocycles. The average Bonchev–Trinajstić information content (AvgIpc) is 2.66. The molecule has 1 fully saturated rings. The van der Waals surface area contributed by atoms with Crippen LogP contribution in [0.3, 0.4) is 0 Å². The number of anilines is 1. The van der Waals surface area contributed by atoms with Crippen LogP contribution in [0.5, 0.6) is 0 Å². The minimum Gasteiger partial charge on any atom is -0.368 e. The van der Waals surface area contributed by atoms with Crippen LogP contribution in [0.4, 0.5) is 5.69 Å². The van der Waals surface area contributed by atoms with Crippen LogP contribution in [-0.4, -0.2) is 48.4 Å². The zero-order chi connectivity index (χ0) is 20.3. The fourth-order valence-corrected chi connectivity index (χ4v) is 3.36. The van der Waals surface area contributed by atoms with E-state index in [0.717, 1.165) is 29.9 Å². The summed E-state index contributed by atoms with van der Waals surface area (Å²) in [5, 5.41) is 2.98. The number of carbonyl (C=O) groups is 2. The summed E-state index contributed by atoms with van der Waals surface area (Å²) >= 11 is 0. The molecule has 1 N–H and O–H groups in total. The van der Waals surface area contributed by atoms with Gasteiger partial charge in [-0.1, -0.05) is 17.7 Å². The van der Waals surface area contributed by atoms with Crippen LogP contribution in [0.1, 0.15) is 47.1 Å². The highest BCUT2D eigenvalue weighted by Crippen LogP contribution is 2.19. The molecule has 2 amide bonds. The zero-order valence-electron chi connectivity index (χ0n) is 17.2. The topological polar surface area (TPSA) is 52.7 Å². The quantitative estimate of drug-likeness (QED) is 0.888. The van der Waals surface area contributed by atoms with E-state index in [1.165, 1.54) is 0 Å². The van der Waals surface area contributed by atoms with Crippen molar-refractivity contribution in [2.75, 3.05) is 31.1 Å². The van der Waals surface area contributed by atoms with Crippen LogP contribution in [0, 0.1) is 6.92 Å². The van der Waals surface area contributed by atoms with Crippen molar-refractivity contribution in [1.82, 2.24) is 10.2 Å². The first kappa shape index (κ1) is 19.9. The van der Waals surface area contributed by atoms with E-state index in [-0.39, 0.29) is 17.4 Å². The molecule has 28 heavy (non-hydrogen) atoms. The van der Waals surface area contributed by atoms with Gasteiger partial charge >= 0.3 is 0 Å². The number of rotatable bonds is 3. The average molecular weight is 380 g/mol. The predicted octanol–water partition coefficient (Wildman–Crippen LogP) is 3.49. The third-order valence-electron chi connectivity index (χ3n) is 4.82. The van der Waals surface area contributed by atoms with Crippen molar-refractivity contribution in [1.29, 1.82) is 0 Å². The lowest BCUT2D eigenvalue weighted by atomic mass is 10.1. The second-order valence-corrected chi connectivity index (χ2v) is 8.40. The Hall–Kier alpha value is -2.82. The van der Waals surface area contributed by atoms with E-state index in [1.54, 1.807) is 0 Å². The molecule has 2 aromatic rings. The third-order valence-corrected chi connectivity index (χ3v) is 4.82. The molecular formula is C23H29N3O2. The van der Waals surface area contributed by atoms with Crippen molar-refractivity contribution >= 4 is 17.5 Å². The number of hydrogen-bond acceptors (Lipinski definition) is 3. The van der Waals surface area contributed by atoms with Crippen LogP contribution < -0.4 is 10.2 Å². The molecule has 5 nitrogen and oxygen atoms in total. The number of hydrogen-bond donors (Lipinski definition) is 1. The molecule has 0 spiro atoms. The summed E-state index contributed by atoms with van der Waals surface area (Å²) in [4.78, 5) is 29.1. The smallest absolute Gasteiger partial charge is 0.253 e. The summed E-state index contributed by atoms with van der Waals surface area (Å²) in [6.07, 6.45) is 0. The Labute approximate surface area is 167 Å². The second kappa shape index (κ2) is 8.05. The molecule has 1 aliphatic rings. The highest BCUT2D eigenvalue weighted by molar-refractivity contribution is 5.95. The number of benzene rings is 2. The molecule has 0 aliphatic carbocycles. The Bertz CT molecular complexity index is 845. The molecule has 2 aromatic carbocycles. The van der Waals surface area contributed by atoms with E-state index in [2.05, 4.69) is 10.2 Å². The fourth-order valence-electron chi connectivity index (χ4n) is 3.36. The van der Waals surface area contributed by atoms with Crippen LogP contribution in [0.2, 0.25) is 0 Å². The molecule has 0 bridgehead atoms. The van der Waals surface area contributed by atoms with E-state index < -0.39 is 0 Å². The monoisotopic (exact) mass is 379 g/mol. The number of amides is 2. The first-order chi connectivity index (χ1) is 13.2. The molecule has 1 aliphatic heterocycles. The zero-order valence-corrected chi connectivity index (χ0v) is 17.2. The van der Waals surface area contributed by atoms with Gasteiger partial charge in [-0.15, -0.1) is 0 Å². The number of aryl methyl sites for hydroxylation is 1. The van der Waals surface area contributed by atoms with Crippen molar-refractivity contribution in [3.8, 4) is 0 Å². The van der Waals surface area contributed by atoms with E-state index in [4.69, 9.17) is 0 Å². The summed E-state index contributed by atoms with van der Waals surface area (Å²) in [6, 6.07) is 15.4. The van der Waals surface area contributed by atoms with Gasteiger partial charge in [0.2, 0.25) is 0 Å². The maximum Gasteiger partial charge on any atom is 0.253 e. The standard InChI is InChI=1S/C23H29N3O2/c1-17-6-5-7-19(16-17)22(28)26-14-12-25(13-15-26)20-10-8-18(9-11-20)21(27)24-23(2,3)4/h5-11,16H,12-15H2,1-4H3,(H,24,27). The predicted molar refractivity (Wildman–Crippen MR) is 113 cm³/mol. The first-order valence-electron chi connectivity index (χ1n) is 9.76. The molecular weight excluding hydrogens is 350 g/mol. The van der Waals surface area contributed by atoms with E-state index in [0.29, 0.717) is 18.7 Å².